The van der Waals surface area contributed by atoms with Crippen molar-refractivity contribution in [1.82, 2.24) is 5.32 Å². The van der Waals surface area contributed by atoms with Crippen LogP contribution in [-0.4, -0.2) is 37.3 Å². The molecule has 1 N–H and O–H groups in total. The highest BCUT2D eigenvalue weighted by Crippen LogP contribution is 2.33. The van der Waals surface area contributed by atoms with E-state index in [1.54, 1.807) is 0 Å². The predicted octanol–water partition coefficient (Wildman–Crippen LogP) is 1.90. The summed E-state index contributed by atoms with van der Waals surface area (Å²) in [5, 5.41) is 4.35. The third-order valence-corrected chi connectivity index (χ3v) is 4.88. The summed E-state index contributed by atoms with van der Waals surface area (Å²) in [5.41, 5.74) is 0. The minimum atomic E-state index is 0.683. The standard InChI is InChI=1S/C11H21NOS/c1-12-11(10-5-3-7-14-10)9-4-2-6-13-8-9/h9-12H,2-8H2,1H3. The fraction of sp³-hybridized carbons (Fsp3) is 1.00. The zero-order chi connectivity index (χ0) is 9.80. The lowest BCUT2D eigenvalue weighted by atomic mass is 9.90. The summed E-state index contributed by atoms with van der Waals surface area (Å²) in [5.74, 6) is 2.11. The van der Waals surface area contributed by atoms with Gasteiger partial charge in [0.1, 0.15) is 0 Å². The Kier molecular flexibility index (Phi) is 4.14. The van der Waals surface area contributed by atoms with Crippen LogP contribution in [0.4, 0.5) is 0 Å². The molecular formula is C11H21NOS. The van der Waals surface area contributed by atoms with Gasteiger partial charge in [0.05, 0.1) is 6.61 Å². The molecule has 2 aliphatic heterocycles. The number of nitrogens with one attached hydrogen (secondary N) is 1. The van der Waals surface area contributed by atoms with E-state index in [1.807, 2.05) is 0 Å². The lowest BCUT2D eigenvalue weighted by molar-refractivity contribution is 0.0400. The monoisotopic (exact) mass is 215 g/mol. The molecule has 3 heteroatoms. The van der Waals surface area contributed by atoms with E-state index in [2.05, 4.69) is 24.1 Å². The largest absolute Gasteiger partial charge is 0.381 e. The Bertz CT molecular complexity index is 165. The summed E-state index contributed by atoms with van der Waals surface area (Å²) < 4.78 is 5.58. The first-order chi connectivity index (χ1) is 6.92. The average molecular weight is 215 g/mol. The Morgan fingerprint density at radius 2 is 2.29 bits per heavy atom. The molecule has 0 aromatic heterocycles. The molecule has 2 fully saturated rings. The van der Waals surface area contributed by atoms with E-state index < -0.39 is 0 Å². The normalized spacial score (nSPS) is 35.8. The van der Waals surface area contributed by atoms with E-state index in [4.69, 9.17) is 4.74 Å². The van der Waals surface area contributed by atoms with Crippen LogP contribution in [-0.2, 0) is 4.74 Å². The number of thioether (sulfide) groups is 1. The molecule has 82 valence electrons. The van der Waals surface area contributed by atoms with E-state index in [0.717, 1.165) is 24.4 Å². The number of rotatable bonds is 3. The van der Waals surface area contributed by atoms with Gasteiger partial charge in [-0.25, -0.2) is 0 Å². The fourth-order valence-electron chi connectivity index (χ4n) is 2.66. The Labute approximate surface area is 91.2 Å². The molecule has 0 bridgehead atoms. The van der Waals surface area contributed by atoms with Crippen molar-refractivity contribution in [3.8, 4) is 0 Å². The molecule has 0 aliphatic carbocycles. The first kappa shape index (κ1) is 10.8. The van der Waals surface area contributed by atoms with Crippen LogP contribution in [0, 0.1) is 5.92 Å². The van der Waals surface area contributed by atoms with Crippen LogP contribution in [0.15, 0.2) is 0 Å². The minimum Gasteiger partial charge on any atom is -0.381 e. The highest BCUT2D eigenvalue weighted by atomic mass is 32.2. The molecule has 2 rings (SSSR count). The van der Waals surface area contributed by atoms with E-state index >= 15 is 0 Å². The second-order valence-electron chi connectivity index (χ2n) is 4.34. The van der Waals surface area contributed by atoms with Crippen molar-refractivity contribution in [1.29, 1.82) is 0 Å². The Hall–Kier alpha value is 0.270. The molecule has 0 saturated carbocycles. The highest BCUT2D eigenvalue weighted by Gasteiger charge is 2.31. The minimum absolute atomic E-state index is 0.683. The molecule has 2 aliphatic rings. The summed E-state index contributed by atoms with van der Waals surface area (Å²) in [7, 11) is 2.11. The topological polar surface area (TPSA) is 21.3 Å². The van der Waals surface area contributed by atoms with Gasteiger partial charge in [0.25, 0.3) is 0 Å². The van der Waals surface area contributed by atoms with Crippen LogP contribution in [0.5, 0.6) is 0 Å². The molecule has 0 amide bonds. The summed E-state index contributed by atoms with van der Waals surface area (Å²) in [6.07, 6.45) is 5.40. The first-order valence-electron chi connectivity index (χ1n) is 5.78. The molecule has 0 aromatic carbocycles. The van der Waals surface area contributed by atoms with E-state index in [1.165, 1.54) is 31.4 Å². The molecule has 2 nitrogen and oxygen atoms in total. The SMILES string of the molecule is CNC(C1CCCOC1)C1CCCS1. The molecular weight excluding hydrogens is 194 g/mol. The second kappa shape index (κ2) is 5.38. The van der Waals surface area contributed by atoms with Crippen LogP contribution in [0.2, 0.25) is 0 Å². The van der Waals surface area contributed by atoms with E-state index in [-0.39, 0.29) is 0 Å². The van der Waals surface area contributed by atoms with Crippen molar-refractivity contribution in [3.63, 3.8) is 0 Å². The Morgan fingerprint density at radius 1 is 1.36 bits per heavy atom. The van der Waals surface area contributed by atoms with E-state index in [0.29, 0.717) is 6.04 Å². The van der Waals surface area contributed by atoms with Crippen LogP contribution >= 0.6 is 11.8 Å². The highest BCUT2D eigenvalue weighted by molar-refractivity contribution is 8.00. The van der Waals surface area contributed by atoms with Gasteiger partial charge in [-0.1, -0.05) is 0 Å². The third kappa shape index (κ3) is 2.44. The van der Waals surface area contributed by atoms with Crippen molar-refractivity contribution >= 4 is 11.8 Å². The maximum absolute atomic E-state index is 5.58. The van der Waals surface area contributed by atoms with Crippen molar-refractivity contribution in [3.05, 3.63) is 0 Å². The van der Waals surface area contributed by atoms with Gasteiger partial charge < -0.3 is 10.1 Å². The lowest BCUT2D eigenvalue weighted by Crippen LogP contribution is -2.44. The summed E-state index contributed by atoms with van der Waals surface area (Å²) in [6, 6.07) is 0.683. The van der Waals surface area contributed by atoms with Gasteiger partial charge in [0, 0.05) is 17.9 Å². The number of hydrogen-bond acceptors (Lipinski definition) is 3. The van der Waals surface area contributed by atoms with Crippen LogP contribution in [0.3, 0.4) is 0 Å². The van der Waals surface area contributed by atoms with Crippen LogP contribution in [0.1, 0.15) is 25.7 Å². The zero-order valence-electron chi connectivity index (χ0n) is 9.00. The summed E-state index contributed by atoms with van der Waals surface area (Å²) in [4.78, 5) is 0. The van der Waals surface area contributed by atoms with Gasteiger partial charge in [0.15, 0.2) is 0 Å². The molecule has 0 aromatic rings. The number of ether oxygens (including phenoxy) is 1. The fourth-order valence-corrected chi connectivity index (χ4v) is 4.19. The van der Waals surface area contributed by atoms with Crippen molar-refractivity contribution < 1.29 is 4.74 Å². The summed E-state index contributed by atoms with van der Waals surface area (Å²) in [6.45, 7) is 1.95. The van der Waals surface area contributed by atoms with E-state index in [9.17, 15) is 0 Å². The molecule has 14 heavy (non-hydrogen) atoms. The van der Waals surface area contributed by atoms with Crippen molar-refractivity contribution in [2.45, 2.75) is 37.0 Å². The number of hydrogen-bond donors (Lipinski definition) is 1. The van der Waals surface area contributed by atoms with Crippen LogP contribution < -0.4 is 5.32 Å². The zero-order valence-corrected chi connectivity index (χ0v) is 9.81. The quantitative estimate of drug-likeness (QED) is 0.777. The average Bonchev–Trinajstić information content (AvgIpc) is 2.74. The van der Waals surface area contributed by atoms with Gasteiger partial charge in [-0.15, -0.1) is 0 Å². The maximum atomic E-state index is 5.58. The third-order valence-electron chi connectivity index (χ3n) is 3.40. The lowest BCUT2D eigenvalue weighted by Gasteiger charge is -2.33. The molecule has 3 unspecified atom stereocenters. The first-order valence-corrected chi connectivity index (χ1v) is 6.83. The molecule has 2 heterocycles. The summed E-state index contributed by atoms with van der Waals surface area (Å²) >= 11 is 2.15. The molecule has 0 radical (unpaired) electrons. The smallest absolute Gasteiger partial charge is 0.0509 e. The predicted molar refractivity (Wildman–Crippen MR) is 61.9 cm³/mol. The molecule has 0 spiro atoms. The maximum Gasteiger partial charge on any atom is 0.0509 e. The van der Waals surface area contributed by atoms with Gasteiger partial charge in [-0.3, -0.25) is 0 Å². The van der Waals surface area contributed by atoms with Gasteiger partial charge in [0.2, 0.25) is 0 Å². The second-order valence-corrected chi connectivity index (χ2v) is 5.69. The molecule has 2 saturated heterocycles. The van der Waals surface area contributed by atoms with Crippen LogP contribution in [0.25, 0.3) is 0 Å². The Morgan fingerprint density at radius 3 is 2.86 bits per heavy atom. The van der Waals surface area contributed by atoms with Gasteiger partial charge >= 0.3 is 0 Å². The van der Waals surface area contributed by atoms with Gasteiger partial charge in [-0.2, -0.15) is 11.8 Å². The molecule has 3 atom stereocenters. The van der Waals surface area contributed by atoms with Crippen molar-refractivity contribution in [2.24, 2.45) is 5.92 Å². The van der Waals surface area contributed by atoms with Gasteiger partial charge in [-0.05, 0) is 44.4 Å². The van der Waals surface area contributed by atoms with Crippen molar-refractivity contribution in [2.75, 3.05) is 26.0 Å². The Balaban J connectivity index is 1.89.